The van der Waals surface area contributed by atoms with Crippen molar-refractivity contribution in [3.8, 4) is 0 Å². The molecule has 2 atom stereocenters. The van der Waals surface area contributed by atoms with E-state index in [4.69, 9.17) is 10.6 Å². The van der Waals surface area contributed by atoms with E-state index in [2.05, 4.69) is 5.43 Å². The summed E-state index contributed by atoms with van der Waals surface area (Å²) in [6.07, 6.45) is 4.88. The monoisotopic (exact) mass is 250 g/mol. The third-order valence-electron chi connectivity index (χ3n) is 3.01. The van der Waals surface area contributed by atoms with E-state index in [1.54, 1.807) is 0 Å². The van der Waals surface area contributed by atoms with E-state index in [-0.39, 0.29) is 11.8 Å². The zero-order chi connectivity index (χ0) is 12.0. The topological polar surface area (TPSA) is 81.4 Å². The molecule has 6 heteroatoms. The van der Waals surface area contributed by atoms with Gasteiger partial charge in [0.05, 0.1) is 6.61 Å². The lowest BCUT2D eigenvalue weighted by Crippen LogP contribution is -2.44. The van der Waals surface area contributed by atoms with E-state index in [0.29, 0.717) is 12.3 Å². The number of ether oxygens (including phenoxy) is 1. The van der Waals surface area contributed by atoms with Gasteiger partial charge in [-0.1, -0.05) is 0 Å². The van der Waals surface area contributed by atoms with Crippen molar-refractivity contribution in [1.82, 2.24) is 5.43 Å². The largest absolute Gasteiger partial charge is 0.381 e. The lowest BCUT2D eigenvalue weighted by molar-refractivity contribution is 0.0378. The Morgan fingerprint density at radius 1 is 1.56 bits per heavy atom. The molecule has 16 heavy (non-hydrogen) atoms. The van der Waals surface area contributed by atoms with Gasteiger partial charge in [-0.25, -0.2) is 8.42 Å². The van der Waals surface area contributed by atoms with Gasteiger partial charge in [-0.05, 0) is 31.6 Å². The van der Waals surface area contributed by atoms with Crippen LogP contribution in [0.3, 0.4) is 0 Å². The van der Waals surface area contributed by atoms with Crippen molar-refractivity contribution < 1.29 is 13.2 Å². The molecule has 0 saturated carbocycles. The van der Waals surface area contributed by atoms with Crippen LogP contribution in [0.2, 0.25) is 0 Å². The Bertz CT molecular complexity index is 286. The van der Waals surface area contributed by atoms with Crippen LogP contribution in [0.25, 0.3) is 0 Å². The maximum Gasteiger partial charge on any atom is 0.147 e. The van der Waals surface area contributed by atoms with Crippen LogP contribution in [0.5, 0.6) is 0 Å². The molecule has 1 aliphatic heterocycles. The van der Waals surface area contributed by atoms with Gasteiger partial charge in [-0.3, -0.25) is 11.3 Å². The molecule has 0 spiro atoms. The van der Waals surface area contributed by atoms with Gasteiger partial charge < -0.3 is 4.74 Å². The maximum absolute atomic E-state index is 11.0. The normalized spacial score (nSPS) is 24.2. The molecule has 0 amide bonds. The third kappa shape index (κ3) is 5.25. The Morgan fingerprint density at radius 2 is 2.31 bits per heavy atom. The Balaban J connectivity index is 2.30. The first-order chi connectivity index (χ1) is 7.53. The molecule has 96 valence electrons. The molecule has 0 aromatic heterocycles. The highest BCUT2D eigenvalue weighted by molar-refractivity contribution is 7.90. The van der Waals surface area contributed by atoms with Gasteiger partial charge in [0, 0.05) is 24.7 Å². The summed E-state index contributed by atoms with van der Waals surface area (Å²) in [5, 5.41) is 0. The first-order valence-corrected chi connectivity index (χ1v) is 7.80. The lowest BCUT2D eigenvalue weighted by atomic mass is 9.91. The molecule has 0 aromatic rings. The minimum absolute atomic E-state index is 0.169. The molecule has 1 rings (SSSR count). The summed E-state index contributed by atoms with van der Waals surface area (Å²) in [6, 6.07) is 0.169. The van der Waals surface area contributed by atoms with Gasteiger partial charge in [0.15, 0.2) is 0 Å². The second-order valence-corrected chi connectivity index (χ2v) is 6.78. The Labute approximate surface area is 97.6 Å². The summed E-state index contributed by atoms with van der Waals surface area (Å²) in [7, 11) is -2.86. The number of sulfone groups is 1. The van der Waals surface area contributed by atoms with Crippen LogP contribution in [0.15, 0.2) is 0 Å². The molecule has 1 saturated heterocycles. The van der Waals surface area contributed by atoms with Gasteiger partial charge in [0.2, 0.25) is 0 Å². The van der Waals surface area contributed by atoms with E-state index >= 15 is 0 Å². The third-order valence-corrected chi connectivity index (χ3v) is 4.04. The fraction of sp³-hybridized carbons (Fsp3) is 1.00. The minimum Gasteiger partial charge on any atom is -0.381 e. The second-order valence-electron chi connectivity index (χ2n) is 4.52. The smallest absolute Gasteiger partial charge is 0.147 e. The van der Waals surface area contributed by atoms with Crippen LogP contribution < -0.4 is 11.3 Å². The summed E-state index contributed by atoms with van der Waals surface area (Å²) in [5.74, 6) is 6.15. The number of hydrogen-bond acceptors (Lipinski definition) is 5. The van der Waals surface area contributed by atoms with Gasteiger partial charge >= 0.3 is 0 Å². The van der Waals surface area contributed by atoms with E-state index < -0.39 is 9.84 Å². The number of hydrazine groups is 1. The molecule has 0 aromatic carbocycles. The fourth-order valence-electron chi connectivity index (χ4n) is 2.10. The van der Waals surface area contributed by atoms with E-state index in [1.807, 2.05) is 0 Å². The fourth-order valence-corrected chi connectivity index (χ4v) is 2.79. The Kier molecular flexibility index (Phi) is 5.68. The predicted octanol–water partition coefficient (Wildman–Crippen LogP) is 0.0697. The zero-order valence-corrected chi connectivity index (χ0v) is 10.6. The molecule has 1 heterocycles. The minimum atomic E-state index is -2.86. The summed E-state index contributed by atoms with van der Waals surface area (Å²) in [4.78, 5) is 0. The van der Waals surface area contributed by atoms with Crippen LogP contribution in [-0.4, -0.2) is 39.7 Å². The van der Waals surface area contributed by atoms with Crippen molar-refractivity contribution in [2.24, 2.45) is 11.8 Å². The molecule has 0 bridgehead atoms. The highest BCUT2D eigenvalue weighted by Crippen LogP contribution is 2.20. The summed E-state index contributed by atoms with van der Waals surface area (Å²) in [5.41, 5.74) is 2.78. The highest BCUT2D eigenvalue weighted by atomic mass is 32.2. The van der Waals surface area contributed by atoms with Crippen molar-refractivity contribution in [3.05, 3.63) is 0 Å². The van der Waals surface area contributed by atoms with Gasteiger partial charge in [0.1, 0.15) is 9.84 Å². The van der Waals surface area contributed by atoms with Crippen LogP contribution in [-0.2, 0) is 14.6 Å². The van der Waals surface area contributed by atoms with Gasteiger partial charge in [-0.15, -0.1) is 0 Å². The Morgan fingerprint density at radius 3 is 2.81 bits per heavy atom. The summed E-state index contributed by atoms with van der Waals surface area (Å²) < 4.78 is 27.4. The van der Waals surface area contributed by atoms with E-state index in [1.165, 1.54) is 6.26 Å². The van der Waals surface area contributed by atoms with Gasteiger partial charge in [0.25, 0.3) is 0 Å². The summed E-state index contributed by atoms with van der Waals surface area (Å²) >= 11 is 0. The van der Waals surface area contributed by atoms with E-state index in [0.717, 1.165) is 32.5 Å². The molecule has 3 N–H and O–H groups in total. The Hall–Kier alpha value is -0.170. The van der Waals surface area contributed by atoms with Crippen LogP contribution in [0.4, 0.5) is 0 Å². The van der Waals surface area contributed by atoms with Crippen molar-refractivity contribution in [2.75, 3.05) is 25.2 Å². The number of hydrogen-bond donors (Lipinski definition) is 2. The molecule has 2 unspecified atom stereocenters. The molecule has 1 fully saturated rings. The molecule has 0 radical (unpaired) electrons. The lowest BCUT2D eigenvalue weighted by Gasteiger charge is -2.29. The SMILES string of the molecule is CS(=O)(=O)CCCC(NN)C1CCCOC1. The first kappa shape index (κ1) is 13.9. The highest BCUT2D eigenvalue weighted by Gasteiger charge is 2.23. The van der Waals surface area contributed by atoms with Crippen molar-refractivity contribution in [3.63, 3.8) is 0 Å². The molecular formula is C10H22N2O3S. The summed E-state index contributed by atoms with van der Waals surface area (Å²) in [6.45, 7) is 1.56. The predicted molar refractivity (Wildman–Crippen MR) is 63.6 cm³/mol. The van der Waals surface area contributed by atoms with Crippen molar-refractivity contribution in [1.29, 1.82) is 0 Å². The number of nitrogens with one attached hydrogen (secondary N) is 1. The standard InChI is InChI=1S/C10H22N2O3S/c1-16(13,14)7-3-5-10(12-11)9-4-2-6-15-8-9/h9-10,12H,2-8,11H2,1H3. The molecule has 1 aliphatic rings. The first-order valence-electron chi connectivity index (χ1n) is 5.74. The number of rotatable bonds is 6. The molecule has 5 nitrogen and oxygen atoms in total. The quantitative estimate of drug-likeness (QED) is 0.515. The zero-order valence-electron chi connectivity index (χ0n) is 9.81. The van der Waals surface area contributed by atoms with Crippen LogP contribution >= 0.6 is 0 Å². The van der Waals surface area contributed by atoms with Crippen LogP contribution in [0.1, 0.15) is 25.7 Å². The second kappa shape index (κ2) is 6.54. The molecule has 0 aliphatic carbocycles. The maximum atomic E-state index is 11.0. The van der Waals surface area contributed by atoms with Crippen molar-refractivity contribution in [2.45, 2.75) is 31.7 Å². The average molecular weight is 250 g/mol. The van der Waals surface area contributed by atoms with Crippen molar-refractivity contribution >= 4 is 9.84 Å². The van der Waals surface area contributed by atoms with Gasteiger partial charge in [-0.2, -0.15) is 0 Å². The van der Waals surface area contributed by atoms with Crippen LogP contribution in [0, 0.1) is 5.92 Å². The average Bonchev–Trinajstić information content (AvgIpc) is 2.24. The molecular weight excluding hydrogens is 228 g/mol. The van der Waals surface area contributed by atoms with E-state index in [9.17, 15) is 8.42 Å². The number of nitrogens with two attached hydrogens (primary N) is 1.